The van der Waals surface area contributed by atoms with E-state index in [-0.39, 0.29) is 0 Å². The zero-order valence-electron chi connectivity index (χ0n) is 11.5. The highest BCUT2D eigenvalue weighted by molar-refractivity contribution is 4.66. The molecule has 1 N–H and O–H groups in total. The Labute approximate surface area is 97.0 Å². The van der Waals surface area contributed by atoms with Crippen LogP contribution in [0.2, 0.25) is 0 Å². The zero-order chi connectivity index (χ0) is 11.7. The van der Waals surface area contributed by atoms with Crippen LogP contribution in [0.4, 0.5) is 0 Å². The third kappa shape index (κ3) is 8.92. The van der Waals surface area contributed by atoms with Crippen LogP contribution < -0.4 is 5.32 Å². The van der Waals surface area contributed by atoms with E-state index >= 15 is 0 Å². The fourth-order valence-electron chi connectivity index (χ4n) is 2.07. The highest BCUT2D eigenvalue weighted by Gasteiger charge is 2.11. The van der Waals surface area contributed by atoms with Crippen LogP contribution in [0.1, 0.15) is 66.7 Å². The molecule has 15 heavy (non-hydrogen) atoms. The number of hydrogen-bond donors (Lipinski definition) is 1. The molecule has 0 aliphatic heterocycles. The summed E-state index contributed by atoms with van der Waals surface area (Å²) in [4.78, 5) is 0. The van der Waals surface area contributed by atoms with Crippen molar-refractivity contribution in [3.05, 3.63) is 0 Å². The van der Waals surface area contributed by atoms with E-state index in [4.69, 9.17) is 0 Å². The summed E-state index contributed by atoms with van der Waals surface area (Å²) >= 11 is 0. The number of rotatable bonds is 9. The quantitative estimate of drug-likeness (QED) is 0.604. The third-order valence-electron chi connectivity index (χ3n) is 3.15. The average molecular weight is 213 g/mol. The lowest BCUT2D eigenvalue weighted by Gasteiger charge is -2.21. The van der Waals surface area contributed by atoms with E-state index in [0.717, 1.165) is 11.8 Å². The first-order chi connectivity index (χ1) is 7.10. The molecule has 0 fully saturated rings. The van der Waals surface area contributed by atoms with Crippen LogP contribution in [0.3, 0.4) is 0 Å². The van der Waals surface area contributed by atoms with Crippen LogP contribution in [-0.2, 0) is 0 Å². The van der Waals surface area contributed by atoms with Gasteiger partial charge < -0.3 is 5.32 Å². The minimum atomic E-state index is 0.628. The van der Waals surface area contributed by atoms with E-state index in [2.05, 4.69) is 39.9 Å². The first-order valence-electron chi connectivity index (χ1n) is 6.83. The molecule has 2 atom stereocenters. The molecule has 0 spiro atoms. The predicted molar refractivity (Wildman–Crippen MR) is 70.2 cm³/mol. The van der Waals surface area contributed by atoms with Crippen molar-refractivity contribution in [2.75, 3.05) is 6.54 Å². The molecule has 0 bridgehead atoms. The minimum Gasteiger partial charge on any atom is -0.314 e. The Morgan fingerprint density at radius 3 is 2.20 bits per heavy atom. The van der Waals surface area contributed by atoms with Gasteiger partial charge in [-0.05, 0) is 24.8 Å². The van der Waals surface area contributed by atoms with Crippen LogP contribution in [-0.4, -0.2) is 12.6 Å². The molecule has 0 heterocycles. The molecule has 0 amide bonds. The summed E-state index contributed by atoms with van der Waals surface area (Å²) in [5.74, 6) is 1.78. The van der Waals surface area contributed by atoms with Crippen molar-refractivity contribution in [1.29, 1.82) is 0 Å². The van der Waals surface area contributed by atoms with E-state index in [1.165, 1.54) is 38.6 Å². The lowest BCUT2D eigenvalue weighted by Crippen LogP contribution is -2.28. The largest absolute Gasteiger partial charge is 0.314 e. The molecule has 2 unspecified atom stereocenters. The SMILES string of the molecule is CCCCC(CC)CC(C)CNC(C)C. The molecule has 0 aromatic heterocycles. The summed E-state index contributed by atoms with van der Waals surface area (Å²) in [5.41, 5.74) is 0. The molecule has 1 nitrogen and oxygen atoms in total. The van der Waals surface area contributed by atoms with Crippen molar-refractivity contribution in [2.24, 2.45) is 11.8 Å². The molecule has 0 rings (SSSR count). The molecule has 0 aromatic carbocycles. The van der Waals surface area contributed by atoms with Crippen molar-refractivity contribution >= 4 is 0 Å². The Hall–Kier alpha value is -0.0400. The Kier molecular flexibility index (Phi) is 9.18. The summed E-state index contributed by atoms with van der Waals surface area (Å²) in [6.45, 7) is 12.6. The molecule has 0 radical (unpaired) electrons. The maximum Gasteiger partial charge on any atom is 0.00104 e. The predicted octanol–water partition coefficient (Wildman–Crippen LogP) is 4.23. The van der Waals surface area contributed by atoms with Gasteiger partial charge in [0, 0.05) is 6.04 Å². The molecular formula is C14H31N. The van der Waals surface area contributed by atoms with Gasteiger partial charge in [0.05, 0.1) is 0 Å². The van der Waals surface area contributed by atoms with Crippen molar-refractivity contribution in [2.45, 2.75) is 72.8 Å². The van der Waals surface area contributed by atoms with E-state index in [0.29, 0.717) is 6.04 Å². The Bertz CT molecular complexity index is 131. The van der Waals surface area contributed by atoms with Gasteiger partial charge in [0.2, 0.25) is 0 Å². The summed E-state index contributed by atoms with van der Waals surface area (Å²) in [6.07, 6.45) is 6.93. The minimum absolute atomic E-state index is 0.628. The van der Waals surface area contributed by atoms with Gasteiger partial charge in [0.25, 0.3) is 0 Å². The molecular weight excluding hydrogens is 182 g/mol. The molecule has 1 heteroatoms. The highest BCUT2D eigenvalue weighted by atomic mass is 14.9. The van der Waals surface area contributed by atoms with E-state index < -0.39 is 0 Å². The molecule has 0 aliphatic carbocycles. The second-order valence-corrected chi connectivity index (χ2v) is 5.32. The third-order valence-corrected chi connectivity index (χ3v) is 3.15. The average Bonchev–Trinajstić information content (AvgIpc) is 2.21. The summed E-state index contributed by atoms with van der Waals surface area (Å²) in [6, 6.07) is 0.628. The molecule has 92 valence electrons. The molecule has 0 aliphatic rings. The van der Waals surface area contributed by atoms with Crippen molar-refractivity contribution in [1.82, 2.24) is 5.32 Å². The van der Waals surface area contributed by atoms with Gasteiger partial charge >= 0.3 is 0 Å². The maximum atomic E-state index is 3.53. The lowest BCUT2D eigenvalue weighted by molar-refractivity contribution is 0.336. The van der Waals surface area contributed by atoms with Gasteiger partial charge in [-0.1, -0.05) is 60.3 Å². The topological polar surface area (TPSA) is 12.0 Å². The maximum absolute atomic E-state index is 3.53. The normalized spacial score (nSPS) is 15.6. The van der Waals surface area contributed by atoms with Gasteiger partial charge in [-0.3, -0.25) is 0 Å². The monoisotopic (exact) mass is 213 g/mol. The number of unbranched alkanes of at least 4 members (excludes halogenated alkanes) is 1. The van der Waals surface area contributed by atoms with Crippen molar-refractivity contribution in [3.63, 3.8) is 0 Å². The molecule has 0 saturated carbocycles. The Morgan fingerprint density at radius 2 is 1.73 bits per heavy atom. The van der Waals surface area contributed by atoms with Crippen LogP contribution in [0.25, 0.3) is 0 Å². The van der Waals surface area contributed by atoms with Gasteiger partial charge in [-0.15, -0.1) is 0 Å². The van der Waals surface area contributed by atoms with E-state index in [1.54, 1.807) is 0 Å². The lowest BCUT2D eigenvalue weighted by atomic mass is 9.89. The first-order valence-corrected chi connectivity index (χ1v) is 6.83. The van der Waals surface area contributed by atoms with Crippen LogP contribution in [0, 0.1) is 11.8 Å². The van der Waals surface area contributed by atoms with Crippen LogP contribution in [0.5, 0.6) is 0 Å². The fraction of sp³-hybridized carbons (Fsp3) is 1.00. The first kappa shape index (κ1) is 15.0. The van der Waals surface area contributed by atoms with Crippen LogP contribution >= 0.6 is 0 Å². The van der Waals surface area contributed by atoms with Crippen molar-refractivity contribution in [3.8, 4) is 0 Å². The molecule has 0 aromatic rings. The van der Waals surface area contributed by atoms with Gasteiger partial charge in [-0.2, -0.15) is 0 Å². The summed E-state index contributed by atoms with van der Waals surface area (Å²) in [7, 11) is 0. The van der Waals surface area contributed by atoms with Gasteiger partial charge in [0.1, 0.15) is 0 Å². The summed E-state index contributed by atoms with van der Waals surface area (Å²) < 4.78 is 0. The number of nitrogens with one attached hydrogen (secondary N) is 1. The summed E-state index contributed by atoms with van der Waals surface area (Å²) in [5, 5.41) is 3.53. The second-order valence-electron chi connectivity index (χ2n) is 5.32. The standard InChI is InChI=1S/C14H31N/c1-6-8-9-14(7-2)10-13(5)11-15-12(3)4/h12-15H,6-11H2,1-5H3. The fourth-order valence-corrected chi connectivity index (χ4v) is 2.07. The van der Waals surface area contributed by atoms with E-state index in [9.17, 15) is 0 Å². The van der Waals surface area contributed by atoms with Gasteiger partial charge in [0.15, 0.2) is 0 Å². The zero-order valence-corrected chi connectivity index (χ0v) is 11.5. The van der Waals surface area contributed by atoms with Crippen molar-refractivity contribution < 1.29 is 0 Å². The number of hydrogen-bond acceptors (Lipinski definition) is 1. The Balaban J connectivity index is 3.64. The van der Waals surface area contributed by atoms with E-state index in [1.807, 2.05) is 0 Å². The second kappa shape index (κ2) is 9.21. The smallest absolute Gasteiger partial charge is 0.00104 e. The van der Waals surface area contributed by atoms with Gasteiger partial charge in [-0.25, -0.2) is 0 Å². The Morgan fingerprint density at radius 1 is 1.07 bits per heavy atom. The molecule has 0 saturated heterocycles. The van der Waals surface area contributed by atoms with Crippen LogP contribution in [0.15, 0.2) is 0 Å². The highest BCUT2D eigenvalue weighted by Crippen LogP contribution is 2.21.